The number of benzene rings is 2. The Morgan fingerprint density at radius 3 is 2.13 bits per heavy atom. The van der Waals surface area contributed by atoms with Gasteiger partial charge in [-0.1, -0.05) is 61.5 Å². The molecule has 2 aromatic carbocycles. The number of carboxylic acids is 1. The topological polar surface area (TPSA) is 130 Å². The summed E-state index contributed by atoms with van der Waals surface area (Å²) in [6, 6.07) is 16.3. The van der Waals surface area contributed by atoms with Crippen molar-refractivity contribution in [2.45, 2.75) is 32.0 Å². The minimum atomic E-state index is -3.69. The molecule has 1 amide bonds. The van der Waals surface area contributed by atoms with Crippen LogP contribution in [0.3, 0.4) is 0 Å². The van der Waals surface area contributed by atoms with Gasteiger partial charge in [-0.2, -0.15) is 0 Å². The highest BCUT2D eigenvalue weighted by atomic mass is 31.2. The largest absolute Gasteiger partial charge is 0.480 e. The van der Waals surface area contributed by atoms with Gasteiger partial charge in [-0.3, -0.25) is 14.2 Å². The van der Waals surface area contributed by atoms with Gasteiger partial charge in [-0.15, -0.1) is 0 Å². The SMILES string of the molecule is C[C@H](NC(=O)[C@H](Cc1ccc(-c2ccccc2)cc1)CP(=O)(O)[C@H](C)CN)C(=O)O. The fourth-order valence-corrected chi connectivity index (χ4v) is 4.66. The highest BCUT2D eigenvalue weighted by Crippen LogP contribution is 2.47. The maximum Gasteiger partial charge on any atom is 0.325 e. The monoisotopic (exact) mass is 432 g/mol. The number of nitrogens with one attached hydrogen (secondary N) is 1. The van der Waals surface area contributed by atoms with Crippen LogP contribution < -0.4 is 11.1 Å². The van der Waals surface area contributed by atoms with Crippen molar-refractivity contribution in [3.63, 3.8) is 0 Å². The molecule has 30 heavy (non-hydrogen) atoms. The molecule has 2 rings (SSSR count). The molecule has 7 nitrogen and oxygen atoms in total. The molecule has 0 aromatic heterocycles. The second-order valence-electron chi connectivity index (χ2n) is 7.56. The van der Waals surface area contributed by atoms with Crippen LogP contribution in [-0.2, 0) is 20.6 Å². The molecule has 0 aliphatic rings. The molecule has 5 N–H and O–H groups in total. The maximum absolute atomic E-state index is 12.7. The first-order chi connectivity index (χ1) is 14.1. The molecule has 162 valence electrons. The van der Waals surface area contributed by atoms with E-state index in [2.05, 4.69) is 5.32 Å². The van der Waals surface area contributed by atoms with Gasteiger partial charge < -0.3 is 21.1 Å². The number of hydrogen-bond acceptors (Lipinski definition) is 4. The normalized spacial score (nSPS) is 16.1. The third kappa shape index (κ3) is 6.52. The average molecular weight is 432 g/mol. The zero-order valence-corrected chi connectivity index (χ0v) is 18.1. The van der Waals surface area contributed by atoms with Crippen molar-refractivity contribution < 1.29 is 24.2 Å². The number of carboxylic acid groups (broad SMARTS) is 1. The fraction of sp³-hybridized carbons (Fsp3) is 0.364. The first kappa shape index (κ1) is 23.8. The van der Waals surface area contributed by atoms with Crippen LogP contribution >= 0.6 is 7.37 Å². The van der Waals surface area contributed by atoms with Crippen molar-refractivity contribution in [2.75, 3.05) is 12.7 Å². The number of carbonyl (C=O) groups is 2. The van der Waals surface area contributed by atoms with Gasteiger partial charge in [0.05, 0.1) is 5.92 Å². The summed E-state index contributed by atoms with van der Waals surface area (Å²) in [6.45, 7) is 2.96. The van der Waals surface area contributed by atoms with Crippen molar-refractivity contribution in [3.05, 3.63) is 60.2 Å². The summed E-state index contributed by atoms with van der Waals surface area (Å²) in [6.07, 6.45) is -0.0426. The molecule has 4 atom stereocenters. The quantitative estimate of drug-likeness (QED) is 0.427. The Kier molecular flexibility index (Phi) is 8.35. The van der Waals surface area contributed by atoms with E-state index in [0.717, 1.165) is 16.7 Å². The summed E-state index contributed by atoms with van der Waals surface area (Å²) in [5.74, 6) is -2.58. The van der Waals surface area contributed by atoms with Gasteiger partial charge in [-0.05, 0) is 30.0 Å². The zero-order chi connectivity index (χ0) is 22.3. The number of amides is 1. The number of nitrogens with two attached hydrogens (primary N) is 1. The van der Waals surface area contributed by atoms with Crippen LogP contribution in [0.2, 0.25) is 0 Å². The molecule has 0 fully saturated rings. The maximum atomic E-state index is 12.7. The summed E-state index contributed by atoms with van der Waals surface area (Å²) < 4.78 is 12.7. The Labute approximate surface area is 176 Å². The molecule has 8 heteroatoms. The van der Waals surface area contributed by atoms with Crippen LogP contribution in [0.1, 0.15) is 19.4 Å². The van der Waals surface area contributed by atoms with Crippen LogP contribution in [0.5, 0.6) is 0 Å². The van der Waals surface area contributed by atoms with Crippen molar-refractivity contribution in [3.8, 4) is 11.1 Å². The lowest BCUT2D eigenvalue weighted by Gasteiger charge is -2.24. The van der Waals surface area contributed by atoms with Gasteiger partial charge >= 0.3 is 5.97 Å². The first-order valence-corrected chi connectivity index (χ1v) is 11.7. The van der Waals surface area contributed by atoms with Gasteiger partial charge in [0.2, 0.25) is 13.3 Å². The van der Waals surface area contributed by atoms with Gasteiger partial charge in [0.1, 0.15) is 6.04 Å². The third-order valence-electron chi connectivity index (χ3n) is 5.15. The van der Waals surface area contributed by atoms with Crippen LogP contribution in [-0.4, -0.2) is 46.3 Å². The van der Waals surface area contributed by atoms with Crippen LogP contribution in [0.15, 0.2) is 54.6 Å². The number of rotatable bonds is 10. The van der Waals surface area contributed by atoms with Gasteiger partial charge in [0, 0.05) is 18.4 Å². The van der Waals surface area contributed by atoms with Crippen molar-refractivity contribution in [1.29, 1.82) is 0 Å². The lowest BCUT2D eigenvalue weighted by atomic mass is 9.97. The standard InChI is InChI=1S/C22H29N2O5P/c1-15(13-23)30(28,29)14-20(21(25)24-16(2)22(26)27)12-17-8-10-19(11-9-17)18-6-4-3-5-7-18/h3-11,15-16,20H,12-14,23H2,1-2H3,(H,24,25)(H,26,27)(H,28,29)/t15-,16+,20-/m1/s1. The minimum absolute atomic E-state index is 0.0272. The van der Waals surface area contributed by atoms with E-state index in [0.29, 0.717) is 0 Å². The molecule has 0 spiro atoms. The summed E-state index contributed by atoms with van der Waals surface area (Å²) in [4.78, 5) is 34.2. The van der Waals surface area contributed by atoms with E-state index in [1.54, 1.807) is 6.92 Å². The molecule has 0 aliphatic heterocycles. The Hall–Kier alpha value is -2.47. The lowest BCUT2D eigenvalue weighted by Crippen LogP contribution is -2.43. The van der Waals surface area contributed by atoms with E-state index in [1.807, 2.05) is 54.6 Å². The van der Waals surface area contributed by atoms with Crippen LogP contribution in [0, 0.1) is 5.92 Å². The summed E-state index contributed by atoms with van der Waals surface area (Å²) in [5.41, 5.74) is 7.79. The Morgan fingerprint density at radius 1 is 1.03 bits per heavy atom. The Bertz CT molecular complexity index is 902. The summed E-state index contributed by atoms with van der Waals surface area (Å²) in [7, 11) is -3.69. The fourth-order valence-electron chi connectivity index (χ4n) is 3.04. The van der Waals surface area contributed by atoms with Crippen molar-refractivity contribution in [2.24, 2.45) is 11.7 Å². The summed E-state index contributed by atoms with van der Waals surface area (Å²) >= 11 is 0. The summed E-state index contributed by atoms with van der Waals surface area (Å²) in [5, 5.41) is 11.5. The molecular weight excluding hydrogens is 403 g/mol. The Morgan fingerprint density at radius 2 is 1.60 bits per heavy atom. The molecule has 0 saturated carbocycles. The molecule has 0 bridgehead atoms. The Balaban J connectivity index is 2.22. The van der Waals surface area contributed by atoms with E-state index in [9.17, 15) is 19.0 Å². The van der Waals surface area contributed by atoms with Gasteiger partial charge in [-0.25, -0.2) is 0 Å². The van der Waals surface area contributed by atoms with E-state index < -0.39 is 36.9 Å². The van der Waals surface area contributed by atoms with Crippen LogP contribution in [0.25, 0.3) is 11.1 Å². The van der Waals surface area contributed by atoms with Crippen molar-refractivity contribution >= 4 is 19.2 Å². The van der Waals surface area contributed by atoms with Gasteiger partial charge in [0.25, 0.3) is 0 Å². The molecule has 0 heterocycles. The predicted molar refractivity (Wildman–Crippen MR) is 118 cm³/mol. The van der Waals surface area contributed by atoms with Crippen LogP contribution in [0.4, 0.5) is 0 Å². The second kappa shape index (κ2) is 10.5. The van der Waals surface area contributed by atoms with Crippen molar-refractivity contribution in [1.82, 2.24) is 5.32 Å². The smallest absolute Gasteiger partial charge is 0.325 e. The minimum Gasteiger partial charge on any atom is -0.480 e. The number of hydrogen-bond donors (Lipinski definition) is 4. The predicted octanol–water partition coefficient (Wildman–Crippen LogP) is 2.72. The average Bonchev–Trinajstić information content (AvgIpc) is 2.73. The third-order valence-corrected chi connectivity index (χ3v) is 7.71. The molecular formula is C22H29N2O5P. The number of carbonyl (C=O) groups excluding carboxylic acids is 1. The molecule has 0 saturated heterocycles. The van der Waals surface area contributed by atoms with E-state index >= 15 is 0 Å². The molecule has 0 radical (unpaired) electrons. The van der Waals surface area contributed by atoms with E-state index in [1.165, 1.54) is 6.92 Å². The second-order valence-corrected chi connectivity index (χ2v) is 10.3. The van der Waals surface area contributed by atoms with Gasteiger partial charge in [0.15, 0.2) is 0 Å². The van der Waals surface area contributed by atoms with E-state index in [-0.39, 0.29) is 19.1 Å². The first-order valence-electron chi connectivity index (χ1n) is 9.83. The highest BCUT2D eigenvalue weighted by Gasteiger charge is 2.34. The highest BCUT2D eigenvalue weighted by molar-refractivity contribution is 7.58. The van der Waals surface area contributed by atoms with E-state index in [4.69, 9.17) is 10.8 Å². The zero-order valence-electron chi connectivity index (χ0n) is 17.2. The molecule has 1 unspecified atom stereocenters. The number of aliphatic carboxylic acids is 1. The lowest BCUT2D eigenvalue weighted by molar-refractivity contribution is -0.141. The molecule has 2 aromatic rings. The molecule has 0 aliphatic carbocycles.